The van der Waals surface area contributed by atoms with Crippen LogP contribution in [0.25, 0.3) is 0 Å². The van der Waals surface area contributed by atoms with Crippen LogP contribution in [-0.2, 0) is 11.3 Å². The number of guanidine groups is 1. The number of hydrogen-bond donors (Lipinski definition) is 2. The van der Waals surface area contributed by atoms with Gasteiger partial charge < -0.3 is 25.0 Å². The van der Waals surface area contributed by atoms with Crippen molar-refractivity contribution in [3.8, 4) is 5.75 Å². The molecule has 0 saturated carbocycles. The second kappa shape index (κ2) is 16.1. The van der Waals surface area contributed by atoms with E-state index in [9.17, 15) is 0 Å². The van der Waals surface area contributed by atoms with Gasteiger partial charge in [-0.1, -0.05) is 26.0 Å². The van der Waals surface area contributed by atoms with E-state index in [-0.39, 0.29) is 0 Å². The van der Waals surface area contributed by atoms with Gasteiger partial charge in [0, 0.05) is 38.8 Å². The SMILES string of the molecule is CCNC(=NCc1ccc(C)cc1OCCCOC)NCCCCN(CC)CC. The number of hydrogen-bond acceptors (Lipinski definition) is 4. The number of nitrogens with zero attached hydrogens (tertiary/aromatic N) is 2. The van der Waals surface area contributed by atoms with Crippen molar-refractivity contribution in [2.75, 3.05) is 53.0 Å². The van der Waals surface area contributed by atoms with Gasteiger partial charge in [-0.05, 0) is 58.0 Å². The summed E-state index contributed by atoms with van der Waals surface area (Å²) in [6, 6.07) is 6.31. The first-order chi connectivity index (χ1) is 14.1. The van der Waals surface area contributed by atoms with Crippen molar-refractivity contribution < 1.29 is 9.47 Å². The van der Waals surface area contributed by atoms with E-state index in [1.807, 2.05) is 0 Å². The van der Waals surface area contributed by atoms with Gasteiger partial charge in [0.1, 0.15) is 5.75 Å². The second-order valence-corrected chi connectivity index (χ2v) is 7.16. The number of unbranched alkanes of at least 4 members (excludes halogenated alkanes) is 1. The molecular formula is C23H42N4O2. The molecule has 0 unspecified atom stereocenters. The van der Waals surface area contributed by atoms with Crippen molar-refractivity contribution in [3.05, 3.63) is 29.3 Å². The van der Waals surface area contributed by atoms with Crippen LogP contribution in [-0.4, -0.2) is 63.9 Å². The van der Waals surface area contributed by atoms with Gasteiger partial charge in [-0.2, -0.15) is 0 Å². The Balaban J connectivity index is 2.56. The maximum absolute atomic E-state index is 5.97. The first-order valence-electron chi connectivity index (χ1n) is 11.1. The number of aliphatic imine (C=N–C) groups is 1. The van der Waals surface area contributed by atoms with Gasteiger partial charge in [0.15, 0.2) is 5.96 Å². The molecule has 0 saturated heterocycles. The molecule has 1 aromatic rings. The molecule has 0 amide bonds. The van der Waals surface area contributed by atoms with E-state index in [0.717, 1.165) is 62.8 Å². The second-order valence-electron chi connectivity index (χ2n) is 7.16. The third kappa shape index (κ3) is 11.1. The Morgan fingerprint density at radius 2 is 1.83 bits per heavy atom. The van der Waals surface area contributed by atoms with Crippen LogP contribution in [0.3, 0.4) is 0 Å². The molecule has 0 fully saturated rings. The number of aryl methyl sites for hydroxylation is 1. The molecule has 0 aliphatic rings. The fraction of sp³-hybridized carbons (Fsp3) is 0.696. The third-order valence-corrected chi connectivity index (χ3v) is 4.81. The number of rotatable bonds is 15. The van der Waals surface area contributed by atoms with Crippen molar-refractivity contribution in [1.29, 1.82) is 0 Å². The molecule has 166 valence electrons. The van der Waals surface area contributed by atoms with Gasteiger partial charge in [-0.3, -0.25) is 0 Å². The monoisotopic (exact) mass is 406 g/mol. The summed E-state index contributed by atoms with van der Waals surface area (Å²) < 4.78 is 11.1. The largest absolute Gasteiger partial charge is 0.493 e. The van der Waals surface area contributed by atoms with Crippen LogP contribution in [0.2, 0.25) is 0 Å². The van der Waals surface area contributed by atoms with E-state index in [4.69, 9.17) is 14.5 Å². The van der Waals surface area contributed by atoms with Gasteiger partial charge >= 0.3 is 0 Å². The number of nitrogens with one attached hydrogen (secondary N) is 2. The molecule has 0 spiro atoms. The third-order valence-electron chi connectivity index (χ3n) is 4.81. The fourth-order valence-corrected chi connectivity index (χ4v) is 3.03. The molecule has 0 radical (unpaired) electrons. The molecule has 1 aromatic carbocycles. The lowest BCUT2D eigenvalue weighted by molar-refractivity contribution is 0.172. The average Bonchev–Trinajstić information content (AvgIpc) is 2.73. The standard InChI is InChI=1S/C23H42N4O2/c1-6-24-23(25-14-9-10-15-27(7-2)8-3)26-19-21-13-12-20(4)18-22(21)29-17-11-16-28-5/h12-13,18H,6-11,14-17,19H2,1-5H3,(H2,24,25,26). The predicted molar refractivity (Wildman–Crippen MR) is 123 cm³/mol. The molecule has 2 N–H and O–H groups in total. The molecule has 6 heteroatoms. The minimum absolute atomic E-state index is 0.592. The Morgan fingerprint density at radius 3 is 2.52 bits per heavy atom. The van der Waals surface area contributed by atoms with Crippen molar-refractivity contribution in [2.24, 2.45) is 4.99 Å². The molecule has 0 aliphatic carbocycles. The molecule has 1 rings (SSSR count). The Bertz CT molecular complexity index is 574. The molecule has 0 aromatic heterocycles. The highest BCUT2D eigenvalue weighted by Gasteiger charge is 2.06. The Hall–Kier alpha value is -1.79. The van der Waals surface area contributed by atoms with Crippen LogP contribution in [0.5, 0.6) is 5.75 Å². The number of ether oxygens (including phenoxy) is 2. The minimum Gasteiger partial charge on any atom is -0.493 e. The number of methoxy groups -OCH3 is 1. The molecule has 29 heavy (non-hydrogen) atoms. The topological polar surface area (TPSA) is 58.1 Å². The summed E-state index contributed by atoms with van der Waals surface area (Å²) in [6.45, 7) is 15.8. The summed E-state index contributed by atoms with van der Waals surface area (Å²) in [5.74, 6) is 1.78. The normalized spacial score (nSPS) is 11.7. The van der Waals surface area contributed by atoms with Crippen molar-refractivity contribution in [2.45, 2.75) is 53.5 Å². The van der Waals surface area contributed by atoms with Gasteiger partial charge in [-0.25, -0.2) is 4.99 Å². The van der Waals surface area contributed by atoms with Crippen LogP contribution in [0.15, 0.2) is 23.2 Å². The van der Waals surface area contributed by atoms with E-state index in [2.05, 4.69) is 61.4 Å². The van der Waals surface area contributed by atoms with E-state index in [0.29, 0.717) is 19.8 Å². The van der Waals surface area contributed by atoms with Crippen LogP contribution in [0.1, 0.15) is 51.2 Å². The van der Waals surface area contributed by atoms with Gasteiger partial charge in [-0.15, -0.1) is 0 Å². The Labute approximate surface area is 178 Å². The number of benzene rings is 1. The highest BCUT2D eigenvalue weighted by atomic mass is 16.5. The fourth-order valence-electron chi connectivity index (χ4n) is 3.03. The zero-order valence-corrected chi connectivity index (χ0v) is 19.2. The molecule has 0 bridgehead atoms. The van der Waals surface area contributed by atoms with E-state index in [1.165, 1.54) is 12.0 Å². The lowest BCUT2D eigenvalue weighted by atomic mass is 10.1. The van der Waals surface area contributed by atoms with Gasteiger partial charge in [0.05, 0.1) is 13.2 Å². The maximum atomic E-state index is 5.97. The minimum atomic E-state index is 0.592. The first-order valence-corrected chi connectivity index (χ1v) is 11.1. The highest BCUT2D eigenvalue weighted by molar-refractivity contribution is 5.79. The molecular weight excluding hydrogens is 364 g/mol. The summed E-state index contributed by atoms with van der Waals surface area (Å²) in [4.78, 5) is 7.23. The summed E-state index contributed by atoms with van der Waals surface area (Å²) in [7, 11) is 1.71. The summed E-state index contributed by atoms with van der Waals surface area (Å²) in [6.07, 6.45) is 3.22. The Morgan fingerprint density at radius 1 is 1.03 bits per heavy atom. The summed E-state index contributed by atoms with van der Waals surface area (Å²) in [5.41, 5.74) is 2.30. The van der Waals surface area contributed by atoms with Crippen LogP contribution < -0.4 is 15.4 Å². The van der Waals surface area contributed by atoms with Crippen LogP contribution in [0.4, 0.5) is 0 Å². The molecule has 0 heterocycles. The van der Waals surface area contributed by atoms with Crippen molar-refractivity contribution in [3.63, 3.8) is 0 Å². The predicted octanol–water partition coefficient (Wildman–Crippen LogP) is 3.59. The zero-order chi connectivity index (χ0) is 21.3. The maximum Gasteiger partial charge on any atom is 0.191 e. The van der Waals surface area contributed by atoms with Crippen molar-refractivity contribution in [1.82, 2.24) is 15.5 Å². The van der Waals surface area contributed by atoms with Crippen molar-refractivity contribution >= 4 is 5.96 Å². The lowest BCUT2D eigenvalue weighted by Gasteiger charge is -2.18. The Kier molecular flexibility index (Phi) is 14.0. The summed E-state index contributed by atoms with van der Waals surface area (Å²) in [5, 5.41) is 6.79. The van der Waals surface area contributed by atoms with E-state index < -0.39 is 0 Å². The zero-order valence-electron chi connectivity index (χ0n) is 19.2. The lowest BCUT2D eigenvalue weighted by Crippen LogP contribution is -2.38. The smallest absolute Gasteiger partial charge is 0.191 e. The van der Waals surface area contributed by atoms with Crippen LogP contribution in [0, 0.1) is 6.92 Å². The molecule has 0 aliphatic heterocycles. The quantitative estimate of drug-likeness (QED) is 0.265. The van der Waals surface area contributed by atoms with Crippen LogP contribution >= 0.6 is 0 Å². The van der Waals surface area contributed by atoms with Gasteiger partial charge in [0.25, 0.3) is 0 Å². The highest BCUT2D eigenvalue weighted by Crippen LogP contribution is 2.21. The molecule has 0 atom stereocenters. The molecule has 6 nitrogen and oxygen atoms in total. The van der Waals surface area contributed by atoms with E-state index >= 15 is 0 Å². The summed E-state index contributed by atoms with van der Waals surface area (Å²) >= 11 is 0. The van der Waals surface area contributed by atoms with Gasteiger partial charge in [0.2, 0.25) is 0 Å². The first kappa shape index (κ1) is 25.2. The van der Waals surface area contributed by atoms with E-state index in [1.54, 1.807) is 7.11 Å². The average molecular weight is 407 g/mol.